The maximum Gasteiger partial charge on any atom is 0.224 e. The van der Waals surface area contributed by atoms with Gasteiger partial charge in [-0.1, -0.05) is 57.7 Å². The number of benzene rings is 1. The molecule has 0 fully saturated rings. The number of anilines is 3. The topological polar surface area (TPSA) is 70.2 Å². The molecule has 0 aliphatic rings. The Labute approximate surface area is 204 Å². The lowest BCUT2D eigenvalue weighted by Gasteiger charge is -2.25. The van der Waals surface area contributed by atoms with E-state index >= 15 is 0 Å². The molecule has 0 unspecified atom stereocenters. The summed E-state index contributed by atoms with van der Waals surface area (Å²) in [5.41, 5.74) is 1.93. The number of carbonyl (C=O) groups excluding carboxylic acids is 1. The van der Waals surface area contributed by atoms with Crippen molar-refractivity contribution in [3.05, 3.63) is 36.2 Å². The van der Waals surface area contributed by atoms with Gasteiger partial charge < -0.3 is 15.5 Å². The molecule has 0 aliphatic heterocycles. The summed E-state index contributed by atoms with van der Waals surface area (Å²) in [4.78, 5) is 24.3. The summed E-state index contributed by atoms with van der Waals surface area (Å²) in [6.07, 6.45) is 10.3. The van der Waals surface area contributed by atoms with Crippen molar-refractivity contribution in [1.29, 1.82) is 0 Å². The molecule has 1 amide bonds. The van der Waals surface area contributed by atoms with E-state index in [0.717, 1.165) is 49.7 Å². The Kier molecular flexibility index (Phi) is 12.7. The largest absolute Gasteiger partial charge is 0.372 e. The number of para-hydroxylation sites is 1. The van der Waals surface area contributed by atoms with Gasteiger partial charge in [-0.15, -0.1) is 11.8 Å². The number of aromatic nitrogens is 2. The first-order valence-electron chi connectivity index (χ1n) is 12.3. The van der Waals surface area contributed by atoms with Crippen molar-refractivity contribution in [2.24, 2.45) is 0 Å². The Balaban J connectivity index is 1.97. The predicted molar refractivity (Wildman–Crippen MR) is 143 cm³/mol. The van der Waals surface area contributed by atoms with Crippen molar-refractivity contribution in [3.8, 4) is 0 Å². The molecule has 6 nitrogen and oxygen atoms in total. The number of hydrogen-bond donors (Lipinski definition) is 2. The highest BCUT2D eigenvalue weighted by Crippen LogP contribution is 2.30. The van der Waals surface area contributed by atoms with E-state index < -0.39 is 0 Å². The quantitative estimate of drug-likeness (QED) is 0.165. The van der Waals surface area contributed by atoms with Crippen LogP contribution < -0.4 is 15.5 Å². The second-order valence-electron chi connectivity index (χ2n) is 8.32. The molecule has 1 heterocycles. The summed E-state index contributed by atoms with van der Waals surface area (Å²) in [5.74, 6) is 1.43. The van der Waals surface area contributed by atoms with Crippen LogP contribution in [-0.2, 0) is 4.79 Å². The molecule has 33 heavy (non-hydrogen) atoms. The SMILES string of the molecule is CCCCCCN(CCCC(=O)Nc1c(NCCCC)nc(C)nc1SC)c1ccccc1. The molecule has 1 aromatic carbocycles. The molecule has 0 radical (unpaired) electrons. The molecular formula is C26H41N5OS. The van der Waals surface area contributed by atoms with Crippen molar-refractivity contribution in [2.45, 2.75) is 77.2 Å². The summed E-state index contributed by atoms with van der Waals surface area (Å²) in [5, 5.41) is 7.27. The van der Waals surface area contributed by atoms with Crippen LogP contribution in [-0.4, -0.2) is 41.8 Å². The number of amides is 1. The molecule has 0 saturated carbocycles. The zero-order chi connectivity index (χ0) is 23.9. The Morgan fingerprint density at radius 1 is 0.970 bits per heavy atom. The standard InChI is InChI=1S/C26H41N5OS/c1-5-7-9-13-19-31(22-15-11-10-12-16-22)20-14-17-23(32)30-24-25(27-18-8-6-2)28-21(3)29-26(24)33-4/h10-12,15-16H,5-9,13-14,17-20H2,1-4H3,(H,30,32)(H,27,28,29). The number of nitrogens with one attached hydrogen (secondary N) is 2. The van der Waals surface area contributed by atoms with Gasteiger partial charge in [0.15, 0.2) is 5.82 Å². The first kappa shape index (κ1) is 27.0. The highest BCUT2D eigenvalue weighted by Gasteiger charge is 2.16. The number of unbranched alkanes of at least 4 members (excludes halogenated alkanes) is 4. The number of hydrogen-bond acceptors (Lipinski definition) is 6. The third-order valence-corrected chi connectivity index (χ3v) is 6.19. The molecule has 2 rings (SSSR count). The number of carbonyl (C=O) groups is 1. The maximum absolute atomic E-state index is 12.8. The van der Waals surface area contributed by atoms with Crippen molar-refractivity contribution >= 4 is 34.9 Å². The van der Waals surface area contributed by atoms with Gasteiger partial charge in [0.1, 0.15) is 16.5 Å². The van der Waals surface area contributed by atoms with Crippen LogP contribution in [0.5, 0.6) is 0 Å². The van der Waals surface area contributed by atoms with E-state index in [1.807, 2.05) is 19.2 Å². The van der Waals surface area contributed by atoms with Gasteiger partial charge in [0, 0.05) is 31.7 Å². The van der Waals surface area contributed by atoms with Crippen LogP contribution in [0.25, 0.3) is 0 Å². The minimum atomic E-state index is 0.00953. The van der Waals surface area contributed by atoms with E-state index in [9.17, 15) is 4.79 Å². The summed E-state index contributed by atoms with van der Waals surface area (Å²) < 4.78 is 0. The van der Waals surface area contributed by atoms with Gasteiger partial charge in [0.2, 0.25) is 5.91 Å². The van der Waals surface area contributed by atoms with Crippen LogP contribution in [0, 0.1) is 6.92 Å². The first-order valence-corrected chi connectivity index (χ1v) is 13.6. The Morgan fingerprint density at radius 2 is 1.70 bits per heavy atom. The van der Waals surface area contributed by atoms with Crippen LogP contribution >= 0.6 is 11.8 Å². The minimum absolute atomic E-state index is 0.00953. The average Bonchev–Trinajstić information content (AvgIpc) is 2.82. The van der Waals surface area contributed by atoms with Crippen LogP contribution in [0.2, 0.25) is 0 Å². The van der Waals surface area contributed by atoms with Gasteiger partial charge >= 0.3 is 0 Å². The monoisotopic (exact) mass is 471 g/mol. The smallest absolute Gasteiger partial charge is 0.224 e. The molecule has 2 N–H and O–H groups in total. The zero-order valence-electron chi connectivity index (χ0n) is 20.8. The van der Waals surface area contributed by atoms with Gasteiger partial charge in [-0.2, -0.15) is 0 Å². The van der Waals surface area contributed by atoms with Gasteiger partial charge in [-0.25, -0.2) is 9.97 Å². The highest BCUT2D eigenvalue weighted by atomic mass is 32.2. The molecular weight excluding hydrogens is 430 g/mol. The molecule has 0 aliphatic carbocycles. The third kappa shape index (κ3) is 9.62. The van der Waals surface area contributed by atoms with Crippen molar-refractivity contribution in [2.75, 3.05) is 41.4 Å². The normalized spacial score (nSPS) is 10.8. The third-order valence-electron chi connectivity index (χ3n) is 5.50. The fourth-order valence-electron chi connectivity index (χ4n) is 3.69. The summed E-state index contributed by atoms with van der Waals surface area (Å²) in [6.45, 7) is 9.00. The van der Waals surface area contributed by atoms with Gasteiger partial charge in [0.05, 0.1) is 0 Å². The zero-order valence-corrected chi connectivity index (χ0v) is 21.6. The first-order chi connectivity index (χ1) is 16.1. The summed E-state index contributed by atoms with van der Waals surface area (Å²) in [7, 11) is 0. The predicted octanol–water partition coefficient (Wildman–Crippen LogP) is 6.52. The van der Waals surface area contributed by atoms with Gasteiger partial charge in [-0.3, -0.25) is 4.79 Å². The van der Waals surface area contributed by atoms with Crippen LogP contribution in [0.1, 0.15) is 71.0 Å². The second-order valence-corrected chi connectivity index (χ2v) is 9.11. The van der Waals surface area contributed by atoms with Crippen LogP contribution in [0.15, 0.2) is 35.4 Å². The second kappa shape index (κ2) is 15.5. The van der Waals surface area contributed by atoms with E-state index in [1.165, 1.54) is 43.1 Å². The lowest BCUT2D eigenvalue weighted by Crippen LogP contribution is -2.27. The Hall–Kier alpha value is -2.28. The molecule has 1 aromatic heterocycles. The molecule has 0 saturated heterocycles. The van der Waals surface area contributed by atoms with Gasteiger partial charge in [-0.05, 0) is 44.6 Å². The Morgan fingerprint density at radius 3 is 2.39 bits per heavy atom. The van der Waals surface area contributed by atoms with E-state index in [0.29, 0.717) is 17.9 Å². The fraction of sp³-hybridized carbons (Fsp3) is 0.577. The number of aryl methyl sites for hydroxylation is 1. The molecule has 0 atom stereocenters. The number of nitrogens with zero attached hydrogens (tertiary/aromatic N) is 3. The molecule has 0 spiro atoms. The van der Waals surface area contributed by atoms with E-state index in [2.05, 4.69) is 63.6 Å². The Bertz CT molecular complexity index is 831. The minimum Gasteiger partial charge on any atom is -0.372 e. The summed E-state index contributed by atoms with van der Waals surface area (Å²) in [6, 6.07) is 10.5. The molecule has 2 aromatic rings. The molecule has 7 heteroatoms. The fourth-order valence-corrected chi connectivity index (χ4v) is 4.26. The summed E-state index contributed by atoms with van der Waals surface area (Å²) >= 11 is 1.53. The van der Waals surface area contributed by atoms with E-state index in [1.54, 1.807) is 0 Å². The lowest BCUT2D eigenvalue weighted by molar-refractivity contribution is -0.116. The van der Waals surface area contributed by atoms with Crippen molar-refractivity contribution < 1.29 is 4.79 Å². The maximum atomic E-state index is 12.8. The average molecular weight is 472 g/mol. The van der Waals surface area contributed by atoms with Crippen molar-refractivity contribution in [3.63, 3.8) is 0 Å². The number of thioether (sulfide) groups is 1. The van der Waals surface area contributed by atoms with Crippen LogP contribution in [0.4, 0.5) is 17.2 Å². The van der Waals surface area contributed by atoms with Crippen LogP contribution in [0.3, 0.4) is 0 Å². The highest BCUT2D eigenvalue weighted by molar-refractivity contribution is 7.98. The van der Waals surface area contributed by atoms with E-state index in [4.69, 9.17) is 0 Å². The molecule has 182 valence electrons. The van der Waals surface area contributed by atoms with Gasteiger partial charge in [0.25, 0.3) is 0 Å². The molecule has 0 bridgehead atoms. The van der Waals surface area contributed by atoms with Crippen molar-refractivity contribution in [1.82, 2.24) is 9.97 Å². The number of rotatable bonds is 16. The lowest BCUT2D eigenvalue weighted by atomic mass is 10.1. The van der Waals surface area contributed by atoms with E-state index in [-0.39, 0.29) is 5.91 Å².